The predicted molar refractivity (Wildman–Crippen MR) is 106 cm³/mol. The highest BCUT2D eigenvalue weighted by molar-refractivity contribution is 5.91. The molecule has 7 heteroatoms. The number of phenolic OH excluding ortho intramolecular Hbond substituents is 1. The Labute approximate surface area is 163 Å². The number of hydrogen-bond donors (Lipinski definition) is 3. The molecule has 2 saturated heterocycles. The second kappa shape index (κ2) is 7.98. The molecule has 1 saturated carbocycles. The van der Waals surface area contributed by atoms with Crippen molar-refractivity contribution in [2.75, 3.05) is 13.6 Å². The Morgan fingerprint density at radius 1 is 1.29 bits per heavy atom. The number of aromatic hydroxyl groups is 1. The molecule has 1 aromatic carbocycles. The first-order valence-electron chi connectivity index (χ1n) is 9.59. The number of amides is 1. The molecule has 3 N–H and O–H groups in total. The maximum atomic E-state index is 11.3. The average Bonchev–Trinajstić information content (AvgIpc) is 2.74. The molecule has 2 bridgehead atoms. The average molecular weight is 380 g/mol. The van der Waals surface area contributed by atoms with E-state index in [-0.39, 0.29) is 17.8 Å². The topological polar surface area (TPSA) is 96.4 Å². The van der Waals surface area contributed by atoms with Gasteiger partial charge in [0.2, 0.25) is 11.8 Å². The molecular formula is C21H24N4O3. The summed E-state index contributed by atoms with van der Waals surface area (Å²) in [4.78, 5) is 11.3. The monoisotopic (exact) mass is 380 g/mol. The van der Waals surface area contributed by atoms with Gasteiger partial charge < -0.3 is 20.5 Å². The Kier molecular flexibility index (Phi) is 5.25. The van der Waals surface area contributed by atoms with E-state index in [9.17, 15) is 9.90 Å². The van der Waals surface area contributed by atoms with Gasteiger partial charge in [-0.05, 0) is 49.1 Å². The fourth-order valence-electron chi connectivity index (χ4n) is 3.88. The molecule has 5 rings (SSSR count). The molecular weight excluding hydrogens is 356 g/mol. The lowest BCUT2D eigenvalue weighted by molar-refractivity contribution is -0.115. The van der Waals surface area contributed by atoms with Crippen molar-refractivity contribution in [1.29, 1.82) is 0 Å². The minimum absolute atomic E-state index is 0.0812. The first kappa shape index (κ1) is 18.4. The van der Waals surface area contributed by atoms with Crippen LogP contribution in [0.1, 0.15) is 24.8 Å². The number of phenols is 1. The summed E-state index contributed by atoms with van der Waals surface area (Å²) >= 11 is 0. The third-order valence-electron chi connectivity index (χ3n) is 5.48. The van der Waals surface area contributed by atoms with Crippen LogP contribution in [-0.4, -0.2) is 46.9 Å². The largest absolute Gasteiger partial charge is 0.507 e. The molecule has 146 valence electrons. The van der Waals surface area contributed by atoms with Gasteiger partial charge in [-0.1, -0.05) is 6.07 Å². The number of ether oxygens (including phenoxy) is 1. The molecule has 3 fully saturated rings. The lowest BCUT2D eigenvalue weighted by Crippen LogP contribution is -2.53. The number of aromatic nitrogens is 2. The molecule has 1 amide bonds. The summed E-state index contributed by atoms with van der Waals surface area (Å²) in [6.45, 7) is 1.01. The minimum Gasteiger partial charge on any atom is -0.507 e. The number of benzene rings is 1. The third-order valence-corrected chi connectivity index (χ3v) is 5.48. The standard InChI is InChI=1S/C21H24N4O3/c1-22-20(27)8-3-13-2-6-16(18(26)10-13)17-7-9-21(25-24-17)28-19-11-15-5-4-14(19)12-23-15/h2-3,6-10,14-15,19,23,26H,4-5,11-12H2,1H3,(H,22,27)/b8-3+/t14-,15-,19+/m0/s1. The Morgan fingerprint density at radius 3 is 2.79 bits per heavy atom. The molecule has 28 heavy (non-hydrogen) atoms. The Morgan fingerprint density at radius 2 is 2.18 bits per heavy atom. The van der Waals surface area contributed by atoms with E-state index in [1.807, 2.05) is 6.07 Å². The Bertz CT molecular complexity index is 874. The van der Waals surface area contributed by atoms with Gasteiger partial charge in [0.25, 0.3) is 0 Å². The summed E-state index contributed by atoms with van der Waals surface area (Å²) in [5.74, 6) is 0.932. The van der Waals surface area contributed by atoms with Crippen molar-refractivity contribution in [3.8, 4) is 22.9 Å². The van der Waals surface area contributed by atoms with Crippen molar-refractivity contribution in [2.45, 2.75) is 31.4 Å². The summed E-state index contributed by atoms with van der Waals surface area (Å²) in [5, 5.41) is 24.8. The number of piperidine rings is 2. The molecule has 3 atom stereocenters. The zero-order valence-electron chi connectivity index (χ0n) is 15.8. The predicted octanol–water partition coefficient (Wildman–Crippen LogP) is 2.13. The number of carbonyl (C=O) groups is 1. The van der Waals surface area contributed by atoms with E-state index in [1.54, 1.807) is 37.4 Å². The lowest BCUT2D eigenvalue weighted by Gasteiger charge is -2.42. The van der Waals surface area contributed by atoms with Crippen LogP contribution in [0.15, 0.2) is 36.4 Å². The van der Waals surface area contributed by atoms with Crippen LogP contribution in [0, 0.1) is 5.92 Å². The van der Waals surface area contributed by atoms with Gasteiger partial charge in [-0.25, -0.2) is 0 Å². The number of likely N-dealkylation sites (N-methyl/N-ethyl adjacent to an activating group) is 1. The Hall–Kier alpha value is -2.93. The summed E-state index contributed by atoms with van der Waals surface area (Å²) in [5.41, 5.74) is 1.87. The van der Waals surface area contributed by atoms with Gasteiger partial charge >= 0.3 is 0 Å². The van der Waals surface area contributed by atoms with Gasteiger partial charge in [0, 0.05) is 43.3 Å². The first-order valence-corrected chi connectivity index (χ1v) is 9.59. The second-order valence-electron chi connectivity index (χ2n) is 7.32. The molecule has 3 heterocycles. The zero-order chi connectivity index (χ0) is 19.5. The fourth-order valence-corrected chi connectivity index (χ4v) is 3.88. The van der Waals surface area contributed by atoms with Crippen LogP contribution in [0.25, 0.3) is 17.3 Å². The van der Waals surface area contributed by atoms with Crippen molar-refractivity contribution >= 4 is 12.0 Å². The third kappa shape index (κ3) is 3.99. The van der Waals surface area contributed by atoms with Crippen LogP contribution in [0.2, 0.25) is 0 Å². The number of nitrogens with one attached hydrogen (secondary N) is 2. The molecule has 1 aromatic heterocycles. The van der Waals surface area contributed by atoms with Crippen LogP contribution < -0.4 is 15.4 Å². The van der Waals surface area contributed by atoms with E-state index >= 15 is 0 Å². The molecule has 2 aliphatic heterocycles. The van der Waals surface area contributed by atoms with Crippen molar-refractivity contribution in [3.05, 3.63) is 42.0 Å². The van der Waals surface area contributed by atoms with E-state index in [1.165, 1.54) is 18.9 Å². The summed E-state index contributed by atoms with van der Waals surface area (Å²) in [6.07, 6.45) is 6.68. The fraction of sp³-hybridized carbons (Fsp3) is 0.381. The first-order chi connectivity index (χ1) is 13.6. The van der Waals surface area contributed by atoms with Crippen LogP contribution >= 0.6 is 0 Å². The van der Waals surface area contributed by atoms with Crippen molar-refractivity contribution < 1.29 is 14.6 Å². The number of rotatable bonds is 5. The van der Waals surface area contributed by atoms with E-state index in [0.717, 1.165) is 18.5 Å². The van der Waals surface area contributed by atoms with Crippen LogP contribution in [0.5, 0.6) is 11.6 Å². The number of fused-ring (bicyclic) bond motifs is 3. The van der Waals surface area contributed by atoms with Crippen LogP contribution in [0.3, 0.4) is 0 Å². The molecule has 0 unspecified atom stereocenters. The van der Waals surface area contributed by atoms with E-state index < -0.39 is 0 Å². The molecule has 0 radical (unpaired) electrons. The zero-order valence-corrected chi connectivity index (χ0v) is 15.8. The molecule has 7 nitrogen and oxygen atoms in total. The van der Waals surface area contributed by atoms with Gasteiger partial charge in [0.15, 0.2) is 0 Å². The highest BCUT2D eigenvalue weighted by atomic mass is 16.5. The van der Waals surface area contributed by atoms with E-state index in [0.29, 0.717) is 29.1 Å². The van der Waals surface area contributed by atoms with Crippen molar-refractivity contribution in [3.63, 3.8) is 0 Å². The quantitative estimate of drug-likeness (QED) is 0.688. The molecule has 3 aliphatic rings. The van der Waals surface area contributed by atoms with Gasteiger partial charge in [-0.2, -0.15) is 0 Å². The highest BCUT2D eigenvalue weighted by Crippen LogP contribution is 2.33. The molecule has 2 aromatic rings. The van der Waals surface area contributed by atoms with E-state index in [2.05, 4.69) is 20.8 Å². The number of carbonyl (C=O) groups excluding carboxylic acids is 1. The highest BCUT2D eigenvalue weighted by Gasteiger charge is 2.36. The van der Waals surface area contributed by atoms with E-state index in [4.69, 9.17) is 4.74 Å². The van der Waals surface area contributed by atoms with Gasteiger partial charge in [-0.15, -0.1) is 10.2 Å². The van der Waals surface area contributed by atoms with Gasteiger partial charge in [-0.3, -0.25) is 4.79 Å². The summed E-state index contributed by atoms with van der Waals surface area (Å²) in [6, 6.07) is 9.32. The maximum absolute atomic E-state index is 11.3. The normalized spacial score (nSPS) is 23.7. The minimum atomic E-state index is -0.202. The molecule has 0 spiro atoms. The number of nitrogens with zero attached hydrogens (tertiary/aromatic N) is 2. The van der Waals surface area contributed by atoms with Crippen molar-refractivity contribution in [1.82, 2.24) is 20.8 Å². The smallest absolute Gasteiger partial charge is 0.243 e. The molecule has 1 aliphatic carbocycles. The summed E-state index contributed by atoms with van der Waals surface area (Å²) in [7, 11) is 1.56. The van der Waals surface area contributed by atoms with Crippen molar-refractivity contribution in [2.24, 2.45) is 5.92 Å². The van der Waals surface area contributed by atoms with Crippen LogP contribution in [0.4, 0.5) is 0 Å². The van der Waals surface area contributed by atoms with Gasteiger partial charge in [0.1, 0.15) is 11.9 Å². The lowest BCUT2D eigenvalue weighted by atomic mass is 9.79. The summed E-state index contributed by atoms with van der Waals surface area (Å²) < 4.78 is 6.07. The maximum Gasteiger partial charge on any atom is 0.243 e. The Balaban J connectivity index is 1.45. The SMILES string of the molecule is CNC(=O)/C=C/c1ccc(-c2ccc(O[C@@H]3C[C@@H]4CC[C@H]3CN4)nn2)c(O)c1. The second-order valence-corrected chi connectivity index (χ2v) is 7.32. The van der Waals surface area contributed by atoms with Gasteiger partial charge in [0.05, 0.1) is 5.69 Å². The van der Waals surface area contributed by atoms with Crippen LogP contribution in [-0.2, 0) is 4.79 Å². The number of hydrogen-bond acceptors (Lipinski definition) is 6.